The first kappa shape index (κ1) is 15.4. The first-order valence-electron chi connectivity index (χ1n) is 7.34. The molecule has 0 radical (unpaired) electrons. The number of hydrogen-bond donors (Lipinski definition) is 3. The molecule has 0 bridgehead atoms. The van der Waals surface area contributed by atoms with Crippen molar-refractivity contribution in [3.8, 4) is 0 Å². The summed E-state index contributed by atoms with van der Waals surface area (Å²) in [7, 11) is 0. The molecule has 4 atom stereocenters. The van der Waals surface area contributed by atoms with E-state index in [2.05, 4.69) is 24.5 Å². The molecule has 0 aromatic heterocycles. The molecule has 5 heteroatoms. The van der Waals surface area contributed by atoms with Crippen LogP contribution in [0.4, 0.5) is 4.79 Å². The number of carbonyl (C=O) groups excluding carboxylic acids is 1. The van der Waals surface area contributed by atoms with Crippen molar-refractivity contribution in [1.29, 1.82) is 0 Å². The van der Waals surface area contributed by atoms with Crippen LogP contribution in [0.15, 0.2) is 30.3 Å². The van der Waals surface area contributed by atoms with Crippen molar-refractivity contribution >= 4 is 12.0 Å². The third-order valence-corrected chi connectivity index (χ3v) is 4.44. The van der Waals surface area contributed by atoms with E-state index in [-0.39, 0.29) is 6.04 Å². The lowest BCUT2D eigenvalue weighted by atomic mass is 9.98. The average molecular weight is 290 g/mol. The topological polar surface area (TPSA) is 78.4 Å². The summed E-state index contributed by atoms with van der Waals surface area (Å²) < 4.78 is 0. The fraction of sp³-hybridized carbons (Fsp3) is 0.500. The third kappa shape index (κ3) is 3.74. The highest BCUT2D eigenvalue weighted by atomic mass is 16.4. The number of rotatable bonds is 4. The summed E-state index contributed by atoms with van der Waals surface area (Å²) in [6, 6.07) is 7.38. The van der Waals surface area contributed by atoms with Crippen LogP contribution in [-0.4, -0.2) is 23.1 Å². The molecule has 0 saturated heterocycles. The normalized spacial score (nSPS) is 26.1. The molecule has 1 aliphatic rings. The van der Waals surface area contributed by atoms with E-state index in [1.165, 1.54) is 0 Å². The van der Waals surface area contributed by atoms with Crippen LogP contribution in [0.25, 0.3) is 0 Å². The van der Waals surface area contributed by atoms with E-state index in [0.29, 0.717) is 17.4 Å². The number of carboxylic acid groups (broad SMARTS) is 1. The summed E-state index contributed by atoms with van der Waals surface area (Å²) in [5.74, 6) is -0.0698. The first-order chi connectivity index (χ1) is 9.99. The first-order valence-corrected chi connectivity index (χ1v) is 7.34. The highest BCUT2D eigenvalue weighted by Crippen LogP contribution is 2.31. The van der Waals surface area contributed by atoms with Gasteiger partial charge in [-0.25, -0.2) is 9.59 Å². The molecule has 1 aromatic rings. The van der Waals surface area contributed by atoms with Gasteiger partial charge in [0.05, 0.1) is 0 Å². The van der Waals surface area contributed by atoms with Crippen LogP contribution in [0.2, 0.25) is 0 Å². The molecule has 21 heavy (non-hydrogen) atoms. The van der Waals surface area contributed by atoms with Gasteiger partial charge in [0, 0.05) is 6.04 Å². The molecular weight excluding hydrogens is 268 g/mol. The summed E-state index contributed by atoms with van der Waals surface area (Å²) in [6.45, 7) is 4.29. The van der Waals surface area contributed by atoms with Crippen molar-refractivity contribution in [1.82, 2.24) is 10.6 Å². The maximum Gasteiger partial charge on any atom is 0.330 e. The van der Waals surface area contributed by atoms with Gasteiger partial charge in [-0.15, -0.1) is 0 Å². The SMILES string of the molecule is CC1CCC(NC(=O)N[C@@H](C(=O)O)c2ccccc2)C1C. The van der Waals surface area contributed by atoms with E-state index < -0.39 is 18.0 Å². The van der Waals surface area contributed by atoms with Crippen LogP contribution in [0, 0.1) is 11.8 Å². The Morgan fingerprint density at radius 2 is 1.86 bits per heavy atom. The van der Waals surface area contributed by atoms with Gasteiger partial charge in [-0.2, -0.15) is 0 Å². The summed E-state index contributed by atoms with van der Waals surface area (Å²) in [5.41, 5.74) is 0.563. The molecule has 3 unspecified atom stereocenters. The van der Waals surface area contributed by atoms with E-state index in [1.807, 2.05) is 6.07 Å². The second-order valence-corrected chi connectivity index (χ2v) is 5.82. The Hall–Kier alpha value is -2.04. The molecule has 2 rings (SSSR count). The summed E-state index contributed by atoms with van der Waals surface area (Å²) in [4.78, 5) is 23.4. The minimum absolute atomic E-state index is 0.116. The van der Waals surface area contributed by atoms with E-state index >= 15 is 0 Å². The van der Waals surface area contributed by atoms with Gasteiger partial charge in [-0.3, -0.25) is 0 Å². The summed E-state index contributed by atoms with van der Waals surface area (Å²) in [5, 5.41) is 14.7. The molecule has 0 spiro atoms. The van der Waals surface area contributed by atoms with Crippen LogP contribution < -0.4 is 10.6 Å². The Kier molecular flexibility index (Phi) is 4.83. The molecule has 0 aliphatic heterocycles. The van der Waals surface area contributed by atoms with E-state index in [1.54, 1.807) is 24.3 Å². The van der Waals surface area contributed by atoms with E-state index in [9.17, 15) is 14.7 Å². The zero-order chi connectivity index (χ0) is 15.4. The van der Waals surface area contributed by atoms with Crippen molar-refractivity contribution in [2.45, 2.75) is 38.8 Å². The minimum atomic E-state index is -1.07. The van der Waals surface area contributed by atoms with Gasteiger partial charge in [0.1, 0.15) is 0 Å². The largest absolute Gasteiger partial charge is 0.479 e. The van der Waals surface area contributed by atoms with Crippen LogP contribution in [0.1, 0.15) is 38.3 Å². The van der Waals surface area contributed by atoms with Crippen molar-refractivity contribution in [3.63, 3.8) is 0 Å². The van der Waals surface area contributed by atoms with Crippen molar-refractivity contribution < 1.29 is 14.7 Å². The zero-order valence-corrected chi connectivity index (χ0v) is 12.4. The van der Waals surface area contributed by atoms with Gasteiger partial charge in [0.15, 0.2) is 6.04 Å². The minimum Gasteiger partial charge on any atom is -0.479 e. The maximum atomic E-state index is 12.1. The van der Waals surface area contributed by atoms with Gasteiger partial charge in [0.25, 0.3) is 0 Å². The van der Waals surface area contributed by atoms with Gasteiger partial charge in [0.2, 0.25) is 0 Å². The molecule has 2 amide bonds. The fourth-order valence-electron chi connectivity index (χ4n) is 2.84. The molecule has 1 saturated carbocycles. The van der Waals surface area contributed by atoms with Crippen molar-refractivity contribution in [3.05, 3.63) is 35.9 Å². The third-order valence-electron chi connectivity index (χ3n) is 4.44. The number of carbonyl (C=O) groups is 2. The molecule has 0 heterocycles. The van der Waals surface area contributed by atoms with Gasteiger partial charge in [-0.1, -0.05) is 44.2 Å². The van der Waals surface area contributed by atoms with Gasteiger partial charge < -0.3 is 15.7 Å². The number of amides is 2. The molecule has 114 valence electrons. The second kappa shape index (κ2) is 6.61. The number of aliphatic carboxylic acids is 1. The number of nitrogens with one attached hydrogen (secondary N) is 2. The predicted molar refractivity (Wildman–Crippen MR) is 79.8 cm³/mol. The molecule has 1 aromatic carbocycles. The van der Waals surface area contributed by atoms with Crippen LogP contribution in [-0.2, 0) is 4.79 Å². The fourth-order valence-corrected chi connectivity index (χ4v) is 2.84. The highest BCUT2D eigenvalue weighted by molar-refractivity contribution is 5.83. The molecule has 1 aliphatic carbocycles. The van der Waals surface area contributed by atoms with Crippen molar-refractivity contribution in [2.24, 2.45) is 11.8 Å². The summed E-state index contributed by atoms with van der Waals surface area (Å²) >= 11 is 0. The zero-order valence-electron chi connectivity index (χ0n) is 12.4. The molecule has 1 fully saturated rings. The van der Waals surface area contributed by atoms with Crippen LogP contribution >= 0.6 is 0 Å². The Morgan fingerprint density at radius 1 is 1.19 bits per heavy atom. The lowest BCUT2D eigenvalue weighted by molar-refractivity contribution is -0.139. The number of hydrogen-bond acceptors (Lipinski definition) is 2. The smallest absolute Gasteiger partial charge is 0.330 e. The lowest BCUT2D eigenvalue weighted by Gasteiger charge is -2.22. The lowest BCUT2D eigenvalue weighted by Crippen LogP contribution is -2.46. The molecule has 3 N–H and O–H groups in total. The number of urea groups is 1. The van der Waals surface area contributed by atoms with E-state index in [0.717, 1.165) is 12.8 Å². The predicted octanol–water partition coefficient (Wildman–Crippen LogP) is 2.55. The quantitative estimate of drug-likeness (QED) is 0.797. The van der Waals surface area contributed by atoms with E-state index in [4.69, 9.17) is 0 Å². The molecule has 5 nitrogen and oxygen atoms in total. The monoisotopic (exact) mass is 290 g/mol. The number of carboxylic acids is 1. The Labute approximate surface area is 124 Å². The molecular formula is C16H22N2O3. The Morgan fingerprint density at radius 3 is 2.38 bits per heavy atom. The van der Waals surface area contributed by atoms with Gasteiger partial charge in [-0.05, 0) is 30.2 Å². The summed E-state index contributed by atoms with van der Waals surface area (Å²) in [6.07, 6.45) is 2.03. The maximum absolute atomic E-state index is 12.1. The number of benzene rings is 1. The highest BCUT2D eigenvalue weighted by Gasteiger charge is 2.31. The van der Waals surface area contributed by atoms with Crippen LogP contribution in [0.5, 0.6) is 0 Å². The second-order valence-electron chi connectivity index (χ2n) is 5.82. The average Bonchev–Trinajstić information content (AvgIpc) is 2.77. The van der Waals surface area contributed by atoms with Crippen molar-refractivity contribution in [2.75, 3.05) is 0 Å². The Bertz CT molecular complexity index is 504. The standard InChI is InChI=1S/C16H22N2O3/c1-10-8-9-13(11(10)2)17-16(21)18-14(15(19)20)12-6-4-3-5-7-12/h3-7,10-11,13-14H,8-9H2,1-2H3,(H,19,20)(H2,17,18,21)/t10?,11?,13?,14-/m1/s1. The van der Waals surface area contributed by atoms with Crippen LogP contribution in [0.3, 0.4) is 0 Å². The van der Waals surface area contributed by atoms with Gasteiger partial charge >= 0.3 is 12.0 Å². The Balaban J connectivity index is 1.98.